The highest BCUT2D eigenvalue weighted by atomic mass is 16.5. The third-order valence-corrected chi connectivity index (χ3v) is 4.26. The number of benzene rings is 1. The summed E-state index contributed by atoms with van der Waals surface area (Å²) in [4.78, 5) is 23.8. The number of rotatable bonds is 3. The van der Waals surface area contributed by atoms with Crippen LogP contribution in [0.5, 0.6) is 0 Å². The van der Waals surface area contributed by atoms with Gasteiger partial charge in [-0.15, -0.1) is 0 Å². The van der Waals surface area contributed by atoms with Gasteiger partial charge in [0.2, 0.25) is 11.8 Å². The number of hydrogen-bond donors (Lipinski definition) is 2. The Labute approximate surface area is 124 Å². The summed E-state index contributed by atoms with van der Waals surface area (Å²) in [6.07, 6.45) is 1.43. The van der Waals surface area contributed by atoms with Crippen molar-refractivity contribution in [3.05, 3.63) is 29.3 Å². The van der Waals surface area contributed by atoms with E-state index in [0.717, 1.165) is 29.7 Å². The molecule has 0 spiro atoms. The topological polar surface area (TPSA) is 67.4 Å². The lowest BCUT2D eigenvalue weighted by Crippen LogP contribution is -2.33. The Bertz CT molecular complexity index is 589. The molecule has 0 saturated carbocycles. The predicted octanol–water partition coefficient (Wildman–Crippen LogP) is 1.71. The average Bonchev–Trinajstić information content (AvgIpc) is 3.05. The van der Waals surface area contributed by atoms with Gasteiger partial charge in [0, 0.05) is 18.8 Å². The first-order chi connectivity index (χ1) is 9.98. The molecular formula is C16H20N2O3. The van der Waals surface area contributed by atoms with Crippen molar-refractivity contribution >= 4 is 17.5 Å². The molecule has 1 atom stereocenters. The van der Waals surface area contributed by atoms with Crippen molar-refractivity contribution in [2.45, 2.75) is 44.8 Å². The zero-order chi connectivity index (χ0) is 15.0. The van der Waals surface area contributed by atoms with Crippen LogP contribution < -0.4 is 10.6 Å². The normalized spacial score (nSPS) is 22.8. The first-order valence-corrected chi connectivity index (χ1v) is 7.32. The second-order valence-electron chi connectivity index (χ2n) is 6.18. The van der Waals surface area contributed by atoms with Crippen LogP contribution in [0.1, 0.15) is 37.8 Å². The van der Waals surface area contributed by atoms with Crippen molar-refractivity contribution in [3.63, 3.8) is 0 Å². The van der Waals surface area contributed by atoms with Crippen LogP contribution in [0.4, 0.5) is 5.69 Å². The molecule has 1 aromatic carbocycles. The van der Waals surface area contributed by atoms with E-state index in [4.69, 9.17) is 4.74 Å². The second kappa shape index (κ2) is 5.15. The number of nitrogens with one attached hydrogen (secondary N) is 2. The van der Waals surface area contributed by atoms with Crippen molar-refractivity contribution < 1.29 is 14.3 Å². The zero-order valence-electron chi connectivity index (χ0n) is 12.4. The van der Waals surface area contributed by atoms with Crippen molar-refractivity contribution in [2.75, 3.05) is 11.9 Å². The number of carbonyl (C=O) groups excluding carboxylic acids is 2. The van der Waals surface area contributed by atoms with Gasteiger partial charge < -0.3 is 15.4 Å². The summed E-state index contributed by atoms with van der Waals surface area (Å²) in [5.74, 6) is -0.0421. The maximum atomic E-state index is 11.9. The summed E-state index contributed by atoms with van der Waals surface area (Å²) >= 11 is 0. The van der Waals surface area contributed by atoms with Gasteiger partial charge in [-0.2, -0.15) is 0 Å². The molecule has 2 heterocycles. The molecule has 2 amide bonds. The second-order valence-corrected chi connectivity index (χ2v) is 6.18. The van der Waals surface area contributed by atoms with Gasteiger partial charge in [0.05, 0.1) is 5.41 Å². The SMILES string of the molecule is CC1(C)C(=O)Nc2ccc(CNC(=O)C3CCCO3)cc21. The molecule has 112 valence electrons. The maximum absolute atomic E-state index is 11.9. The average molecular weight is 288 g/mol. The third-order valence-electron chi connectivity index (χ3n) is 4.26. The molecule has 1 fully saturated rings. The molecule has 2 N–H and O–H groups in total. The fourth-order valence-corrected chi connectivity index (χ4v) is 2.82. The molecule has 3 rings (SSSR count). The number of amides is 2. The highest BCUT2D eigenvalue weighted by molar-refractivity contribution is 6.05. The van der Waals surface area contributed by atoms with Gasteiger partial charge in [-0.1, -0.05) is 12.1 Å². The van der Waals surface area contributed by atoms with Crippen LogP contribution in [0, 0.1) is 0 Å². The van der Waals surface area contributed by atoms with Crippen LogP contribution in [-0.4, -0.2) is 24.5 Å². The lowest BCUT2D eigenvalue weighted by atomic mass is 9.85. The fourth-order valence-electron chi connectivity index (χ4n) is 2.82. The zero-order valence-corrected chi connectivity index (χ0v) is 12.4. The van der Waals surface area contributed by atoms with Gasteiger partial charge in [-0.25, -0.2) is 0 Å². The maximum Gasteiger partial charge on any atom is 0.249 e. The van der Waals surface area contributed by atoms with E-state index in [-0.39, 0.29) is 17.9 Å². The molecule has 0 aromatic heterocycles. The van der Waals surface area contributed by atoms with E-state index in [1.807, 2.05) is 32.0 Å². The van der Waals surface area contributed by atoms with E-state index in [9.17, 15) is 9.59 Å². The highest BCUT2D eigenvalue weighted by Gasteiger charge is 2.38. The molecule has 1 saturated heterocycles. The van der Waals surface area contributed by atoms with E-state index in [2.05, 4.69) is 10.6 Å². The first kappa shape index (κ1) is 14.1. The summed E-state index contributed by atoms with van der Waals surface area (Å²) in [6.45, 7) is 4.93. The summed E-state index contributed by atoms with van der Waals surface area (Å²) in [5, 5.41) is 5.78. The van der Waals surface area contributed by atoms with Gasteiger partial charge in [-0.05, 0) is 43.9 Å². The molecule has 0 aliphatic carbocycles. The Morgan fingerprint density at radius 3 is 3.00 bits per heavy atom. The molecular weight excluding hydrogens is 268 g/mol. The van der Waals surface area contributed by atoms with Crippen molar-refractivity contribution in [1.29, 1.82) is 0 Å². The molecule has 21 heavy (non-hydrogen) atoms. The number of ether oxygens (including phenoxy) is 1. The molecule has 0 radical (unpaired) electrons. The Hall–Kier alpha value is -1.88. The Morgan fingerprint density at radius 2 is 2.29 bits per heavy atom. The van der Waals surface area contributed by atoms with E-state index >= 15 is 0 Å². The van der Waals surface area contributed by atoms with Crippen LogP contribution in [0.2, 0.25) is 0 Å². The summed E-state index contributed by atoms with van der Waals surface area (Å²) < 4.78 is 5.36. The lowest BCUT2D eigenvalue weighted by molar-refractivity contribution is -0.130. The van der Waals surface area contributed by atoms with Crippen molar-refractivity contribution in [1.82, 2.24) is 5.32 Å². The van der Waals surface area contributed by atoms with Crippen molar-refractivity contribution in [2.24, 2.45) is 0 Å². The van der Waals surface area contributed by atoms with Crippen LogP contribution >= 0.6 is 0 Å². The predicted molar refractivity (Wildman–Crippen MR) is 78.9 cm³/mol. The summed E-state index contributed by atoms with van der Waals surface area (Å²) in [5.41, 5.74) is 2.31. The molecule has 5 nitrogen and oxygen atoms in total. The van der Waals surface area contributed by atoms with Crippen LogP contribution in [0.3, 0.4) is 0 Å². The van der Waals surface area contributed by atoms with Gasteiger partial charge in [0.1, 0.15) is 6.10 Å². The molecule has 0 bridgehead atoms. The number of fused-ring (bicyclic) bond motifs is 1. The Morgan fingerprint density at radius 1 is 1.48 bits per heavy atom. The van der Waals surface area contributed by atoms with Crippen LogP contribution in [0.15, 0.2) is 18.2 Å². The minimum absolute atomic E-state index is 0.0121. The molecule has 5 heteroatoms. The first-order valence-electron chi connectivity index (χ1n) is 7.32. The molecule has 2 aliphatic heterocycles. The van der Waals surface area contributed by atoms with Gasteiger partial charge in [0.25, 0.3) is 0 Å². The standard InChI is InChI=1S/C16H20N2O3/c1-16(2)11-8-10(5-6-12(11)18-15(16)20)9-17-14(19)13-4-3-7-21-13/h5-6,8,13H,3-4,7,9H2,1-2H3,(H,17,19)(H,18,20). The minimum atomic E-state index is -0.524. The van der Waals surface area contributed by atoms with E-state index in [1.165, 1.54) is 0 Å². The lowest BCUT2D eigenvalue weighted by Gasteiger charge is -2.16. The number of hydrogen-bond acceptors (Lipinski definition) is 3. The van der Waals surface area contributed by atoms with E-state index in [1.54, 1.807) is 0 Å². The number of carbonyl (C=O) groups is 2. The van der Waals surface area contributed by atoms with Gasteiger partial charge in [0.15, 0.2) is 0 Å². The Balaban J connectivity index is 1.69. The Kier molecular flexibility index (Phi) is 3.45. The van der Waals surface area contributed by atoms with Crippen LogP contribution in [-0.2, 0) is 26.3 Å². The highest BCUT2D eigenvalue weighted by Crippen LogP contribution is 2.37. The quantitative estimate of drug-likeness (QED) is 0.890. The summed E-state index contributed by atoms with van der Waals surface area (Å²) in [6, 6.07) is 5.81. The van der Waals surface area contributed by atoms with Gasteiger partial charge in [-0.3, -0.25) is 9.59 Å². The number of anilines is 1. The third kappa shape index (κ3) is 2.53. The summed E-state index contributed by atoms with van der Waals surface area (Å²) in [7, 11) is 0. The minimum Gasteiger partial charge on any atom is -0.368 e. The van der Waals surface area contributed by atoms with Crippen molar-refractivity contribution in [3.8, 4) is 0 Å². The van der Waals surface area contributed by atoms with E-state index in [0.29, 0.717) is 13.2 Å². The monoisotopic (exact) mass is 288 g/mol. The molecule has 2 aliphatic rings. The largest absolute Gasteiger partial charge is 0.368 e. The van der Waals surface area contributed by atoms with E-state index < -0.39 is 5.41 Å². The van der Waals surface area contributed by atoms with Crippen LogP contribution in [0.25, 0.3) is 0 Å². The fraction of sp³-hybridized carbons (Fsp3) is 0.500. The molecule has 1 unspecified atom stereocenters. The smallest absolute Gasteiger partial charge is 0.249 e. The molecule has 1 aromatic rings. The van der Waals surface area contributed by atoms with Gasteiger partial charge >= 0.3 is 0 Å².